The maximum Gasteiger partial charge on any atom is 0.529 e. The molecule has 1 heterocycles. The van der Waals surface area contributed by atoms with Gasteiger partial charge < -0.3 is 12.9 Å². The first-order valence-electron chi connectivity index (χ1n) is 3.93. The van der Waals surface area contributed by atoms with Crippen LogP contribution in [0.25, 0.3) is 0 Å². The molecule has 0 spiro atoms. The van der Waals surface area contributed by atoms with E-state index in [1.165, 1.54) is 4.68 Å². The normalized spacial score (nSPS) is 17.8. The molecule has 7 heteroatoms. The van der Waals surface area contributed by atoms with Crippen molar-refractivity contribution in [3.05, 3.63) is 9.77 Å². The Balaban J connectivity index is 2.34. The van der Waals surface area contributed by atoms with Crippen molar-refractivity contribution in [3.63, 3.8) is 0 Å². The van der Waals surface area contributed by atoms with E-state index in [9.17, 15) is 12.9 Å². The van der Waals surface area contributed by atoms with E-state index in [1.54, 1.807) is 0 Å². The molecule has 1 aliphatic carbocycles. The van der Waals surface area contributed by atoms with Crippen LogP contribution in [0.1, 0.15) is 18.9 Å². The maximum absolute atomic E-state index is 12.2. The van der Waals surface area contributed by atoms with E-state index < -0.39 is 12.6 Å². The first-order valence-corrected chi connectivity index (χ1v) is 5.01. The lowest BCUT2D eigenvalue weighted by Gasteiger charge is -2.09. The van der Waals surface area contributed by atoms with Crippen LogP contribution in [0.3, 0.4) is 0 Å². The molecule has 0 saturated heterocycles. The Morgan fingerprint density at radius 3 is 2.46 bits per heavy atom. The van der Waals surface area contributed by atoms with E-state index in [1.807, 2.05) is 22.6 Å². The summed E-state index contributed by atoms with van der Waals surface area (Å²) in [7, 11) is 0. The molecule has 0 atom stereocenters. The topological polar surface area (TPSA) is 17.8 Å². The summed E-state index contributed by atoms with van der Waals surface area (Å²) in [5.74, 6) is 0. The molecule has 0 unspecified atom stereocenters. The predicted octanol–water partition coefficient (Wildman–Crippen LogP) is 1.88. The first-order chi connectivity index (χ1) is 5.98. The summed E-state index contributed by atoms with van der Waals surface area (Å²) in [6, 6.07) is 1.32. The summed E-state index contributed by atoms with van der Waals surface area (Å²) in [6.45, 7) is -4.94. The summed E-state index contributed by atoms with van der Waals surface area (Å²) < 4.78 is 38.8. The zero-order valence-electron chi connectivity index (χ0n) is 6.55. The first kappa shape index (κ1) is 9.35. The zero-order valence-corrected chi connectivity index (χ0v) is 8.71. The average molecular weight is 301 g/mol. The van der Waals surface area contributed by atoms with Gasteiger partial charge in [-0.25, -0.2) is 5.10 Å². The van der Waals surface area contributed by atoms with Gasteiger partial charge in [0.05, 0.1) is 9.74 Å². The van der Waals surface area contributed by atoms with E-state index in [-0.39, 0.29) is 6.04 Å². The van der Waals surface area contributed by atoms with Crippen LogP contribution in [0.2, 0.25) is 0 Å². The van der Waals surface area contributed by atoms with Crippen LogP contribution in [0, 0.1) is 3.70 Å². The molecule has 0 N–H and O–H groups in total. The summed E-state index contributed by atoms with van der Waals surface area (Å²) in [5, 5.41) is 3.56. The monoisotopic (exact) mass is 301 g/mol. The molecular formula is C6H6BF3IN2-. The fourth-order valence-electron chi connectivity index (χ4n) is 1.12. The van der Waals surface area contributed by atoms with E-state index in [0.29, 0.717) is 3.70 Å². The molecule has 1 saturated carbocycles. The fraction of sp³-hybridized carbons (Fsp3) is 0.500. The second-order valence-electron chi connectivity index (χ2n) is 3.14. The maximum atomic E-state index is 12.2. The number of hydrogen-bond acceptors (Lipinski definition) is 1. The highest BCUT2D eigenvalue weighted by molar-refractivity contribution is 14.1. The third-order valence-corrected chi connectivity index (χ3v) is 2.74. The van der Waals surface area contributed by atoms with E-state index in [2.05, 4.69) is 5.10 Å². The van der Waals surface area contributed by atoms with Crippen LogP contribution in [-0.2, 0) is 0 Å². The largest absolute Gasteiger partial charge is 0.529 e. The van der Waals surface area contributed by atoms with Crippen LogP contribution in [0.5, 0.6) is 0 Å². The van der Waals surface area contributed by atoms with Crippen molar-refractivity contribution in [1.82, 2.24) is 9.78 Å². The standard InChI is InChI=1S/C6H6BF3IN2/c8-7(9,10)5-3-6(11)13(12-5)4-1-2-4/h3-4H,1-2H2/q-1. The highest BCUT2D eigenvalue weighted by Crippen LogP contribution is 2.35. The molecule has 0 radical (unpaired) electrons. The molecule has 13 heavy (non-hydrogen) atoms. The van der Waals surface area contributed by atoms with Crippen LogP contribution >= 0.6 is 22.6 Å². The van der Waals surface area contributed by atoms with Gasteiger partial charge in [-0.1, -0.05) is 0 Å². The second-order valence-corrected chi connectivity index (χ2v) is 4.25. The number of nitrogens with zero attached hydrogens (tertiary/aromatic N) is 2. The fourth-order valence-corrected chi connectivity index (χ4v) is 1.95. The lowest BCUT2D eigenvalue weighted by Crippen LogP contribution is -2.35. The smallest absolute Gasteiger partial charge is 0.444 e. The lowest BCUT2D eigenvalue weighted by atomic mass is 9.87. The summed E-state index contributed by atoms with van der Waals surface area (Å²) >= 11 is 1.89. The summed E-state index contributed by atoms with van der Waals surface area (Å²) in [5.41, 5.74) is -0.726. The van der Waals surface area contributed by atoms with Gasteiger partial charge >= 0.3 is 6.98 Å². The number of halogens is 4. The average Bonchev–Trinajstić information content (AvgIpc) is 2.73. The molecule has 1 fully saturated rings. The molecule has 1 aromatic rings. The SMILES string of the molecule is F[B-](F)(F)c1cc(I)n(C2CC2)n1. The minimum atomic E-state index is -4.94. The number of hydrogen-bond donors (Lipinski definition) is 0. The van der Waals surface area contributed by atoms with Crippen LogP contribution in [-0.4, -0.2) is 16.8 Å². The van der Waals surface area contributed by atoms with Gasteiger partial charge in [0, 0.05) is 5.59 Å². The Bertz CT molecular complexity index is 331. The van der Waals surface area contributed by atoms with Gasteiger partial charge in [-0.3, -0.25) is 4.68 Å². The van der Waals surface area contributed by atoms with Crippen LogP contribution in [0.4, 0.5) is 12.9 Å². The van der Waals surface area contributed by atoms with Gasteiger partial charge in [0.2, 0.25) is 0 Å². The van der Waals surface area contributed by atoms with Crippen molar-refractivity contribution in [2.45, 2.75) is 18.9 Å². The molecule has 0 aromatic carbocycles. The lowest BCUT2D eigenvalue weighted by molar-refractivity contribution is 0.495. The highest BCUT2D eigenvalue weighted by atomic mass is 127. The molecule has 1 aromatic heterocycles. The van der Waals surface area contributed by atoms with Gasteiger partial charge in [-0.05, 0) is 41.5 Å². The molecule has 1 aliphatic rings. The van der Waals surface area contributed by atoms with Crippen molar-refractivity contribution in [3.8, 4) is 0 Å². The van der Waals surface area contributed by atoms with E-state index in [4.69, 9.17) is 0 Å². The Kier molecular flexibility index (Phi) is 2.08. The van der Waals surface area contributed by atoms with Gasteiger partial charge in [0.15, 0.2) is 0 Å². The quantitative estimate of drug-likeness (QED) is 0.602. The van der Waals surface area contributed by atoms with Crippen molar-refractivity contribution in [1.29, 1.82) is 0 Å². The van der Waals surface area contributed by atoms with E-state index >= 15 is 0 Å². The molecule has 72 valence electrons. The Morgan fingerprint density at radius 1 is 1.46 bits per heavy atom. The van der Waals surface area contributed by atoms with Gasteiger partial charge in [-0.2, -0.15) is 0 Å². The van der Waals surface area contributed by atoms with Crippen molar-refractivity contribution >= 4 is 35.2 Å². The molecular weight excluding hydrogens is 295 g/mol. The Hall–Kier alpha value is -0.205. The van der Waals surface area contributed by atoms with Crippen LogP contribution in [0.15, 0.2) is 6.07 Å². The third-order valence-electron chi connectivity index (χ3n) is 1.94. The molecule has 0 amide bonds. The number of aromatic nitrogens is 2. The summed E-state index contributed by atoms with van der Waals surface area (Å²) in [6.07, 6.45) is 1.89. The van der Waals surface area contributed by atoms with Gasteiger partial charge in [-0.15, -0.1) is 0 Å². The molecule has 0 bridgehead atoms. The van der Waals surface area contributed by atoms with Crippen LogP contribution < -0.4 is 5.59 Å². The molecule has 0 aliphatic heterocycles. The van der Waals surface area contributed by atoms with Crippen molar-refractivity contribution in [2.75, 3.05) is 0 Å². The van der Waals surface area contributed by atoms with Crippen molar-refractivity contribution in [2.24, 2.45) is 0 Å². The Labute approximate surface area is 86.7 Å². The molecule has 2 rings (SSSR count). The second kappa shape index (κ2) is 2.89. The number of rotatable bonds is 2. The highest BCUT2D eigenvalue weighted by Gasteiger charge is 2.33. The minimum absolute atomic E-state index is 0.207. The predicted molar refractivity (Wildman–Crippen MR) is 51.9 cm³/mol. The Morgan fingerprint density at radius 2 is 2.08 bits per heavy atom. The summed E-state index contributed by atoms with van der Waals surface area (Å²) in [4.78, 5) is 0. The van der Waals surface area contributed by atoms with Gasteiger partial charge in [0.1, 0.15) is 0 Å². The van der Waals surface area contributed by atoms with E-state index in [0.717, 1.165) is 18.9 Å². The third kappa shape index (κ3) is 1.84. The van der Waals surface area contributed by atoms with Gasteiger partial charge in [0.25, 0.3) is 0 Å². The zero-order chi connectivity index (χ0) is 9.64. The minimum Gasteiger partial charge on any atom is -0.444 e. The van der Waals surface area contributed by atoms with Crippen molar-refractivity contribution < 1.29 is 12.9 Å². The molecule has 2 nitrogen and oxygen atoms in total.